The third-order valence-electron chi connectivity index (χ3n) is 10.3. The topological polar surface area (TPSA) is 319 Å². The fourth-order valence-electron chi connectivity index (χ4n) is 6.51. The number of phenolic OH excluding ortho intramolecular Hbond substituents is 1. The maximum absolute atomic E-state index is 13.4. The quantitative estimate of drug-likeness (QED) is 0.0208. The minimum atomic E-state index is -1.16. The monoisotopic (exact) mass is 976 g/mol. The van der Waals surface area contributed by atoms with Crippen molar-refractivity contribution in [3.8, 4) is 17.5 Å². The number of phenols is 1. The Bertz CT molecular complexity index is 2470. The number of methoxy groups -OCH3 is 1. The predicted octanol–water partition coefficient (Wildman–Crippen LogP) is 1.32. The summed E-state index contributed by atoms with van der Waals surface area (Å²) in [5.74, 6) is -3.55. The lowest BCUT2D eigenvalue weighted by Gasteiger charge is -2.25. The molecule has 5 amide bonds. The van der Waals surface area contributed by atoms with Crippen molar-refractivity contribution in [1.29, 1.82) is 0 Å². The lowest BCUT2D eigenvalue weighted by Crippen LogP contribution is -2.56. The van der Waals surface area contributed by atoms with Gasteiger partial charge in [-0.05, 0) is 67.2 Å². The van der Waals surface area contributed by atoms with Crippen molar-refractivity contribution < 1.29 is 57.6 Å². The lowest BCUT2D eigenvalue weighted by atomic mass is 10.0. The summed E-state index contributed by atoms with van der Waals surface area (Å²) in [7, 11) is 1.39. The van der Waals surface area contributed by atoms with Gasteiger partial charge in [-0.15, -0.1) is 0 Å². The fourth-order valence-corrected chi connectivity index (χ4v) is 6.51. The SMILES string of the molecule is CCCCOc1nc(N)c2[nH]c(=O)n(Cc3ccc(C(=O)NCCOCCOCCNC(=O)[C@@H](CCC(=O)OCC)NC(=O)C(NC(=O)CNC(=O)/C=C/c4ccc(O)c(OC)c4)C(C)C)cc3)c2n1. The zero-order valence-corrected chi connectivity index (χ0v) is 40.1. The summed E-state index contributed by atoms with van der Waals surface area (Å²) in [6.45, 7) is 8.30. The summed E-state index contributed by atoms with van der Waals surface area (Å²) in [5, 5.41) is 22.9. The van der Waals surface area contributed by atoms with Crippen molar-refractivity contribution in [1.82, 2.24) is 46.1 Å². The number of fused-ring (bicyclic) bond motifs is 1. The van der Waals surface area contributed by atoms with E-state index in [4.69, 9.17) is 29.4 Å². The molecule has 2 aromatic carbocycles. The molecule has 0 aliphatic carbocycles. The van der Waals surface area contributed by atoms with Gasteiger partial charge in [0.2, 0.25) is 23.6 Å². The Balaban J connectivity index is 1.15. The number of nitrogens with one attached hydrogen (secondary N) is 6. The Morgan fingerprint density at radius 2 is 1.60 bits per heavy atom. The van der Waals surface area contributed by atoms with E-state index in [1.165, 1.54) is 36.0 Å². The molecule has 0 spiro atoms. The molecule has 2 atom stereocenters. The summed E-state index contributed by atoms with van der Waals surface area (Å²) in [4.78, 5) is 101. The van der Waals surface area contributed by atoms with Gasteiger partial charge in [-0.3, -0.25) is 33.3 Å². The van der Waals surface area contributed by atoms with Crippen LogP contribution in [0.2, 0.25) is 0 Å². The number of benzene rings is 2. The van der Waals surface area contributed by atoms with E-state index >= 15 is 0 Å². The minimum absolute atomic E-state index is 0.0614. The Morgan fingerprint density at radius 1 is 0.886 bits per heavy atom. The van der Waals surface area contributed by atoms with Crippen LogP contribution in [-0.2, 0) is 44.7 Å². The first-order valence-corrected chi connectivity index (χ1v) is 22.9. The zero-order valence-electron chi connectivity index (χ0n) is 40.1. The summed E-state index contributed by atoms with van der Waals surface area (Å²) < 4.78 is 28.2. The summed E-state index contributed by atoms with van der Waals surface area (Å²) in [6, 6.07) is 9.10. The van der Waals surface area contributed by atoms with Crippen LogP contribution in [0, 0.1) is 5.92 Å². The number of carbonyl (C=O) groups is 6. The number of amides is 5. The number of nitrogens with two attached hydrogens (primary N) is 1. The number of unbranched alkanes of at least 4 members (excludes halogenated alkanes) is 1. The smallest absolute Gasteiger partial charge is 0.328 e. The Labute approximate surface area is 404 Å². The second-order valence-electron chi connectivity index (χ2n) is 16.0. The van der Waals surface area contributed by atoms with E-state index in [1.807, 2.05) is 6.92 Å². The summed E-state index contributed by atoms with van der Waals surface area (Å²) in [5.41, 5.74) is 7.98. The highest BCUT2D eigenvalue weighted by Crippen LogP contribution is 2.26. The van der Waals surface area contributed by atoms with Gasteiger partial charge < -0.3 is 66.1 Å². The highest BCUT2D eigenvalue weighted by molar-refractivity contribution is 5.96. The second kappa shape index (κ2) is 28.7. The summed E-state index contributed by atoms with van der Waals surface area (Å²) >= 11 is 0. The van der Waals surface area contributed by atoms with Crippen molar-refractivity contribution in [2.24, 2.45) is 5.92 Å². The minimum Gasteiger partial charge on any atom is -0.504 e. The molecule has 0 bridgehead atoms. The molecule has 0 saturated heterocycles. The highest BCUT2D eigenvalue weighted by Gasteiger charge is 2.29. The van der Waals surface area contributed by atoms with Crippen molar-refractivity contribution >= 4 is 58.6 Å². The predicted molar refractivity (Wildman–Crippen MR) is 257 cm³/mol. The first-order chi connectivity index (χ1) is 33.6. The van der Waals surface area contributed by atoms with Crippen LogP contribution in [0.15, 0.2) is 53.3 Å². The number of hydrogen-bond donors (Lipinski definition) is 8. The number of nitrogens with zero attached hydrogens (tertiary/aromatic N) is 3. The summed E-state index contributed by atoms with van der Waals surface area (Å²) in [6.07, 6.45) is 4.16. The third kappa shape index (κ3) is 17.8. The van der Waals surface area contributed by atoms with E-state index in [9.17, 15) is 38.7 Å². The van der Waals surface area contributed by atoms with Crippen LogP contribution < -0.4 is 47.5 Å². The number of aromatic hydroxyl groups is 1. The van der Waals surface area contributed by atoms with Gasteiger partial charge in [0.15, 0.2) is 23.0 Å². The van der Waals surface area contributed by atoms with E-state index in [1.54, 1.807) is 51.1 Å². The molecule has 0 aliphatic heterocycles. The maximum Gasteiger partial charge on any atom is 0.328 e. The van der Waals surface area contributed by atoms with E-state index in [2.05, 4.69) is 41.5 Å². The normalized spacial score (nSPS) is 12.0. The van der Waals surface area contributed by atoms with Gasteiger partial charge in [-0.2, -0.15) is 9.97 Å². The third-order valence-corrected chi connectivity index (χ3v) is 10.3. The number of ether oxygens (including phenoxy) is 5. The van der Waals surface area contributed by atoms with Crippen LogP contribution in [0.4, 0.5) is 5.82 Å². The van der Waals surface area contributed by atoms with E-state index in [0.29, 0.717) is 28.9 Å². The average Bonchev–Trinajstić information content (AvgIpc) is 3.65. The molecule has 380 valence electrons. The molecule has 2 heterocycles. The average molecular weight is 977 g/mol. The molecule has 23 heteroatoms. The van der Waals surface area contributed by atoms with Crippen LogP contribution in [0.3, 0.4) is 0 Å². The number of carbonyl (C=O) groups excluding carboxylic acids is 6. The van der Waals surface area contributed by atoms with Gasteiger partial charge in [0.05, 0.1) is 59.8 Å². The number of imidazole rings is 1. The van der Waals surface area contributed by atoms with Crippen LogP contribution in [0.5, 0.6) is 17.5 Å². The first-order valence-electron chi connectivity index (χ1n) is 22.9. The molecule has 1 unspecified atom stereocenters. The van der Waals surface area contributed by atoms with Gasteiger partial charge in [-0.1, -0.05) is 45.4 Å². The lowest BCUT2D eigenvalue weighted by molar-refractivity contribution is -0.143. The fraction of sp³-hybridized carbons (Fsp3) is 0.468. The van der Waals surface area contributed by atoms with Crippen molar-refractivity contribution in [2.45, 2.75) is 72.0 Å². The standard InChI is InChI=1S/C47H64N10O13/c1-6-8-21-70-46-55-41(48)40-42(56-46)57(47(65)54-40)28-31-9-13-32(14-10-31)43(62)49-19-22-67-24-25-68-23-20-50-44(63)33(15-18-38(61)69-7-2)52-45(64)39(29(3)4)53-37(60)27-51-36(59)17-12-30-11-16-34(58)35(26-30)66-5/h9-14,16-17,26,29,33,39,58H,6-8,15,18-25,27-28H2,1-5H3,(H,49,62)(H,50,63)(H,51,59)(H,52,64)(H,53,60)(H,54,65)(H2,48,55,56)/b17-12+/t33-,39?/m1/s1. The van der Waals surface area contributed by atoms with E-state index in [-0.39, 0.29) is 94.7 Å². The van der Waals surface area contributed by atoms with Gasteiger partial charge in [0.1, 0.15) is 17.6 Å². The largest absolute Gasteiger partial charge is 0.504 e. The number of anilines is 1. The van der Waals surface area contributed by atoms with Gasteiger partial charge >= 0.3 is 17.7 Å². The number of hydrogen-bond acceptors (Lipinski definition) is 16. The van der Waals surface area contributed by atoms with Crippen molar-refractivity contribution in [2.75, 3.05) is 72.1 Å². The zero-order chi connectivity index (χ0) is 51.0. The number of esters is 1. The molecule has 0 fully saturated rings. The molecule has 23 nitrogen and oxygen atoms in total. The second-order valence-corrected chi connectivity index (χ2v) is 16.0. The maximum atomic E-state index is 13.4. The number of aromatic nitrogens is 4. The number of aromatic amines is 1. The van der Waals surface area contributed by atoms with Gasteiger partial charge in [0, 0.05) is 31.1 Å². The number of H-pyrrole nitrogens is 1. The molecule has 4 rings (SSSR count). The number of rotatable bonds is 30. The molecule has 4 aromatic rings. The Morgan fingerprint density at radius 3 is 2.27 bits per heavy atom. The van der Waals surface area contributed by atoms with Crippen LogP contribution in [0.25, 0.3) is 17.2 Å². The molecule has 0 radical (unpaired) electrons. The number of nitrogen functional groups attached to an aromatic ring is 1. The van der Waals surface area contributed by atoms with Crippen molar-refractivity contribution in [3.05, 3.63) is 75.7 Å². The first kappa shape index (κ1) is 55.1. The highest BCUT2D eigenvalue weighted by atomic mass is 16.5. The molecule has 0 saturated carbocycles. The van der Waals surface area contributed by atoms with E-state index < -0.39 is 59.8 Å². The van der Waals surface area contributed by atoms with Gasteiger partial charge in [-0.25, -0.2) is 4.79 Å². The van der Waals surface area contributed by atoms with E-state index in [0.717, 1.165) is 18.4 Å². The van der Waals surface area contributed by atoms with Crippen molar-refractivity contribution in [3.63, 3.8) is 0 Å². The van der Waals surface area contributed by atoms with Crippen LogP contribution in [-0.4, -0.2) is 139 Å². The molecule has 2 aromatic heterocycles. The van der Waals surface area contributed by atoms with Gasteiger partial charge in [0.25, 0.3) is 5.91 Å². The Kier molecular flexibility index (Phi) is 22.6. The molecular formula is C47H64N10O13. The molecular weight excluding hydrogens is 913 g/mol. The molecule has 0 aliphatic rings. The Hall–Kier alpha value is -7.53. The molecule has 9 N–H and O–H groups in total. The van der Waals surface area contributed by atoms with Crippen LogP contribution >= 0.6 is 0 Å². The molecule has 70 heavy (non-hydrogen) atoms. The van der Waals surface area contributed by atoms with Crippen LogP contribution in [0.1, 0.15) is 74.9 Å².